The molecular formula is C22H21NO6S2. The lowest BCUT2D eigenvalue weighted by Crippen LogP contribution is -2.26. The molecule has 0 bridgehead atoms. The summed E-state index contributed by atoms with van der Waals surface area (Å²) >= 11 is 0. The number of rotatable bonds is 7. The lowest BCUT2D eigenvalue weighted by molar-refractivity contribution is 0.0734. The third kappa shape index (κ3) is 5.71. The zero-order valence-corrected chi connectivity index (χ0v) is 18.6. The summed E-state index contributed by atoms with van der Waals surface area (Å²) in [6.07, 6.45) is 1.12. The molecular weight excluding hydrogens is 438 g/mol. The second-order valence-corrected chi connectivity index (χ2v) is 11.0. The third-order valence-corrected chi connectivity index (χ3v) is 7.06. The summed E-state index contributed by atoms with van der Waals surface area (Å²) in [4.78, 5) is 12.6. The van der Waals surface area contributed by atoms with Crippen molar-refractivity contribution in [3.63, 3.8) is 0 Å². The van der Waals surface area contributed by atoms with Crippen molar-refractivity contribution in [3.05, 3.63) is 90.0 Å². The molecule has 0 radical (unpaired) electrons. The molecule has 0 saturated heterocycles. The summed E-state index contributed by atoms with van der Waals surface area (Å²) in [7, 11) is -5.50. The molecule has 0 fully saturated rings. The van der Waals surface area contributed by atoms with E-state index in [1.165, 1.54) is 55.6 Å². The number of hydrogen-bond acceptors (Lipinski definition) is 6. The molecule has 7 nitrogen and oxygen atoms in total. The topological polar surface area (TPSA) is 97.8 Å². The van der Waals surface area contributed by atoms with E-state index in [9.17, 15) is 21.6 Å². The van der Waals surface area contributed by atoms with Gasteiger partial charge in [0.15, 0.2) is 9.84 Å². The number of esters is 1. The highest BCUT2D eigenvalue weighted by Crippen LogP contribution is 2.24. The molecule has 0 spiro atoms. The molecule has 0 saturated carbocycles. The van der Waals surface area contributed by atoms with Gasteiger partial charge >= 0.3 is 5.97 Å². The Balaban J connectivity index is 1.74. The SMILES string of the molecule is CN(c1ccc(OC(=O)c2cccc(CS(C)(=O)=O)c2)cc1)S(=O)(=O)c1ccccc1. The van der Waals surface area contributed by atoms with Crippen molar-refractivity contribution < 1.29 is 26.4 Å². The van der Waals surface area contributed by atoms with Gasteiger partial charge in [-0.1, -0.05) is 30.3 Å². The van der Waals surface area contributed by atoms with E-state index in [1.807, 2.05) is 0 Å². The van der Waals surface area contributed by atoms with Gasteiger partial charge in [0.2, 0.25) is 0 Å². The monoisotopic (exact) mass is 459 g/mol. The average molecular weight is 460 g/mol. The standard InChI is InChI=1S/C22H21NO6S2/c1-23(31(27,28)21-9-4-3-5-10-21)19-11-13-20(14-12-19)29-22(24)18-8-6-7-17(15-18)16-30(2,25)26/h3-15H,16H2,1-2H3. The van der Waals surface area contributed by atoms with Crippen LogP contribution in [0.2, 0.25) is 0 Å². The van der Waals surface area contributed by atoms with Crippen LogP contribution >= 0.6 is 0 Å². The maximum Gasteiger partial charge on any atom is 0.343 e. The minimum absolute atomic E-state index is 0.168. The van der Waals surface area contributed by atoms with Crippen molar-refractivity contribution in [1.82, 2.24) is 0 Å². The first kappa shape index (κ1) is 22.5. The van der Waals surface area contributed by atoms with E-state index in [-0.39, 0.29) is 22.0 Å². The number of carbonyl (C=O) groups is 1. The Labute approximate surface area is 181 Å². The predicted octanol–water partition coefficient (Wildman–Crippen LogP) is 3.28. The van der Waals surface area contributed by atoms with Crippen LogP contribution in [0.25, 0.3) is 0 Å². The van der Waals surface area contributed by atoms with Crippen LogP contribution in [0, 0.1) is 0 Å². The molecule has 31 heavy (non-hydrogen) atoms. The molecule has 162 valence electrons. The van der Waals surface area contributed by atoms with Crippen LogP contribution in [0.3, 0.4) is 0 Å². The van der Waals surface area contributed by atoms with Gasteiger partial charge in [-0.05, 0) is 54.1 Å². The van der Waals surface area contributed by atoms with Gasteiger partial charge in [-0.25, -0.2) is 21.6 Å². The molecule has 0 amide bonds. The summed E-state index contributed by atoms with van der Waals surface area (Å²) in [5.74, 6) is -0.591. The average Bonchev–Trinajstić information content (AvgIpc) is 2.73. The fourth-order valence-electron chi connectivity index (χ4n) is 2.87. The predicted molar refractivity (Wildman–Crippen MR) is 118 cm³/mol. The molecule has 0 N–H and O–H groups in total. The van der Waals surface area contributed by atoms with Crippen molar-refractivity contribution in [3.8, 4) is 5.75 Å². The molecule has 0 unspecified atom stereocenters. The van der Waals surface area contributed by atoms with Crippen LogP contribution in [0.1, 0.15) is 15.9 Å². The van der Waals surface area contributed by atoms with Gasteiger partial charge in [0.05, 0.1) is 21.9 Å². The molecule has 0 aliphatic heterocycles. The van der Waals surface area contributed by atoms with E-state index in [0.717, 1.165) is 10.6 Å². The van der Waals surface area contributed by atoms with Gasteiger partial charge < -0.3 is 4.74 Å². The largest absolute Gasteiger partial charge is 0.423 e. The van der Waals surface area contributed by atoms with Crippen molar-refractivity contribution in [2.75, 3.05) is 17.6 Å². The Morgan fingerprint density at radius 3 is 2.13 bits per heavy atom. The molecule has 0 atom stereocenters. The summed E-state index contributed by atoms with van der Waals surface area (Å²) in [5, 5.41) is 0. The molecule has 3 aromatic carbocycles. The van der Waals surface area contributed by atoms with E-state index in [4.69, 9.17) is 4.74 Å². The van der Waals surface area contributed by atoms with Gasteiger partial charge in [0.1, 0.15) is 5.75 Å². The minimum Gasteiger partial charge on any atom is -0.423 e. The zero-order valence-electron chi connectivity index (χ0n) is 16.9. The van der Waals surface area contributed by atoms with Crippen LogP contribution in [0.4, 0.5) is 5.69 Å². The number of sulfonamides is 1. The summed E-state index contributed by atoms with van der Waals surface area (Å²) in [5.41, 5.74) is 1.10. The number of anilines is 1. The highest BCUT2D eigenvalue weighted by molar-refractivity contribution is 7.92. The smallest absolute Gasteiger partial charge is 0.343 e. The molecule has 3 aromatic rings. The maximum absolute atomic E-state index is 12.7. The number of sulfone groups is 1. The van der Waals surface area contributed by atoms with Gasteiger partial charge in [-0.15, -0.1) is 0 Å². The van der Waals surface area contributed by atoms with Gasteiger partial charge in [-0.2, -0.15) is 0 Å². The Morgan fingerprint density at radius 2 is 1.52 bits per heavy atom. The zero-order chi connectivity index (χ0) is 22.6. The van der Waals surface area contributed by atoms with Crippen LogP contribution < -0.4 is 9.04 Å². The van der Waals surface area contributed by atoms with Crippen LogP contribution in [-0.2, 0) is 25.6 Å². The molecule has 0 aromatic heterocycles. The lowest BCUT2D eigenvalue weighted by Gasteiger charge is -2.19. The Bertz CT molecular complexity index is 1290. The summed E-state index contributed by atoms with van der Waals surface area (Å²) < 4.78 is 54.8. The van der Waals surface area contributed by atoms with Gasteiger partial charge in [0, 0.05) is 13.3 Å². The van der Waals surface area contributed by atoms with Crippen molar-refractivity contribution >= 4 is 31.5 Å². The van der Waals surface area contributed by atoms with E-state index in [2.05, 4.69) is 0 Å². The second kappa shape index (κ2) is 8.91. The van der Waals surface area contributed by atoms with Crippen molar-refractivity contribution in [1.29, 1.82) is 0 Å². The fraction of sp³-hybridized carbons (Fsp3) is 0.136. The first-order chi connectivity index (χ1) is 14.6. The van der Waals surface area contributed by atoms with E-state index < -0.39 is 25.8 Å². The minimum atomic E-state index is -3.71. The number of benzene rings is 3. The molecule has 0 aliphatic carbocycles. The van der Waals surface area contributed by atoms with Crippen LogP contribution in [0.15, 0.2) is 83.8 Å². The van der Waals surface area contributed by atoms with Crippen molar-refractivity contribution in [2.45, 2.75) is 10.6 Å². The lowest BCUT2D eigenvalue weighted by atomic mass is 10.1. The number of hydrogen-bond donors (Lipinski definition) is 0. The van der Waals surface area contributed by atoms with E-state index in [1.54, 1.807) is 30.3 Å². The Hall–Kier alpha value is -3.17. The van der Waals surface area contributed by atoms with Gasteiger partial charge in [-0.3, -0.25) is 4.31 Å². The van der Waals surface area contributed by atoms with E-state index in [0.29, 0.717) is 11.3 Å². The summed E-state index contributed by atoms with van der Waals surface area (Å²) in [6, 6.07) is 20.3. The molecule has 0 aliphatic rings. The number of carbonyl (C=O) groups excluding carboxylic acids is 1. The maximum atomic E-state index is 12.7. The highest BCUT2D eigenvalue weighted by atomic mass is 32.2. The second-order valence-electron chi connectivity index (χ2n) is 6.94. The molecule has 9 heteroatoms. The first-order valence-corrected chi connectivity index (χ1v) is 12.7. The third-order valence-electron chi connectivity index (χ3n) is 4.40. The molecule has 0 heterocycles. The highest BCUT2D eigenvalue weighted by Gasteiger charge is 2.21. The number of ether oxygens (including phenoxy) is 1. The van der Waals surface area contributed by atoms with Crippen LogP contribution in [0.5, 0.6) is 5.75 Å². The van der Waals surface area contributed by atoms with Gasteiger partial charge in [0.25, 0.3) is 10.0 Å². The first-order valence-electron chi connectivity index (χ1n) is 9.19. The van der Waals surface area contributed by atoms with Crippen LogP contribution in [-0.4, -0.2) is 36.1 Å². The Morgan fingerprint density at radius 1 is 0.871 bits per heavy atom. The summed E-state index contributed by atoms with van der Waals surface area (Å²) in [6.45, 7) is 0. The van der Waals surface area contributed by atoms with Crippen molar-refractivity contribution in [2.24, 2.45) is 0 Å². The fourth-order valence-corrected chi connectivity index (χ4v) is 4.87. The quantitative estimate of drug-likeness (QED) is 0.397. The normalized spacial score (nSPS) is 11.7. The number of nitrogens with zero attached hydrogens (tertiary/aromatic N) is 1. The molecule has 3 rings (SSSR count). The van der Waals surface area contributed by atoms with E-state index >= 15 is 0 Å². The Kier molecular flexibility index (Phi) is 6.47.